The van der Waals surface area contributed by atoms with E-state index >= 15 is 0 Å². The van der Waals surface area contributed by atoms with E-state index < -0.39 is 33.3 Å². The number of aliphatic hydroxyl groups is 1. The van der Waals surface area contributed by atoms with Crippen LogP contribution in [0.2, 0.25) is 0 Å². The summed E-state index contributed by atoms with van der Waals surface area (Å²) in [6.45, 7) is 0. The number of nitrogens with zero attached hydrogens (tertiary/aromatic N) is 5. The molecule has 1 N–H and O–H groups in total. The van der Waals surface area contributed by atoms with Gasteiger partial charge in [-0.25, -0.2) is 4.98 Å². The third-order valence-electron chi connectivity index (χ3n) is 5.55. The van der Waals surface area contributed by atoms with Gasteiger partial charge in [-0.05, 0) is 17.7 Å². The molecule has 5 rings (SSSR count). The van der Waals surface area contributed by atoms with Gasteiger partial charge in [0.05, 0.1) is 31.7 Å². The molecule has 2 aromatic heterocycles. The Kier molecular flexibility index (Phi) is 5.45. The second kappa shape index (κ2) is 8.63. The van der Waals surface area contributed by atoms with Crippen molar-refractivity contribution in [3.63, 3.8) is 0 Å². The van der Waals surface area contributed by atoms with Crippen molar-refractivity contribution in [1.82, 2.24) is 9.97 Å². The quantitative estimate of drug-likeness (QED) is 0.138. The van der Waals surface area contributed by atoms with E-state index in [4.69, 9.17) is 0 Å². The zero-order valence-corrected chi connectivity index (χ0v) is 18.8. The van der Waals surface area contributed by atoms with Gasteiger partial charge in [-0.1, -0.05) is 29.5 Å². The number of thiazole rings is 1. The molecule has 1 amide bonds. The van der Waals surface area contributed by atoms with E-state index in [1.54, 1.807) is 12.1 Å². The van der Waals surface area contributed by atoms with Crippen LogP contribution in [0, 0.1) is 20.2 Å². The SMILES string of the molecule is O=C1C(=O)N(c2nc3ccc([N+](=O)[O-])cc3s2)C(c2cccnc2)/C1=C(\O)c1cccc([N+](=O)[O-])c1. The highest BCUT2D eigenvalue weighted by Gasteiger charge is 2.48. The van der Waals surface area contributed by atoms with Gasteiger partial charge in [0.2, 0.25) is 0 Å². The number of benzene rings is 2. The van der Waals surface area contributed by atoms with Crippen LogP contribution in [0.15, 0.2) is 72.6 Å². The molecule has 1 fully saturated rings. The second-order valence-electron chi connectivity index (χ2n) is 7.67. The van der Waals surface area contributed by atoms with E-state index in [9.17, 15) is 34.9 Å². The van der Waals surface area contributed by atoms with Gasteiger partial charge in [0.25, 0.3) is 17.2 Å². The molecule has 12 nitrogen and oxygen atoms in total. The maximum Gasteiger partial charge on any atom is 0.301 e. The van der Waals surface area contributed by atoms with Crippen molar-refractivity contribution in [2.45, 2.75) is 6.04 Å². The number of fused-ring (bicyclic) bond motifs is 1. The van der Waals surface area contributed by atoms with Crippen molar-refractivity contribution in [2.24, 2.45) is 0 Å². The topological polar surface area (TPSA) is 170 Å². The summed E-state index contributed by atoms with van der Waals surface area (Å²) < 4.78 is 0.421. The molecule has 0 aliphatic carbocycles. The molecular formula is C23H13N5O7S. The van der Waals surface area contributed by atoms with E-state index in [1.165, 1.54) is 48.8 Å². The molecule has 1 atom stereocenters. The Balaban J connectivity index is 1.71. The van der Waals surface area contributed by atoms with Crippen molar-refractivity contribution in [2.75, 3.05) is 4.90 Å². The number of hydrogen-bond acceptors (Lipinski definition) is 10. The second-order valence-corrected chi connectivity index (χ2v) is 8.68. The Morgan fingerprint density at radius 3 is 2.44 bits per heavy atom. The Bertz CT molecular complexity index is 1620. The number of nitro benzene ring substituents is 2. The summed E-state index contributed by atoms with van der Waals surface area (Å²) in [5, 5.41) is 33.5. The van der Waals surface area contributed by atoms with Crippen LogP contribution in [0.1, 0.15) is 17.2 Å². The number of rotatable bonds is 5. The van der Waals surface area contributed by atoms with Crippen LogP contribution in [0.3, 0.4) is 0 Å². The first-order valence-corrected chi connectivity index (χ1v) is 11.1. The predicted molar refractivity (Wildman–Crippen MR) is 128 cm³/mol. The van der Waals surface area contributed by atoms with Gasteiger partial charge in [0.1, 0.15) is 5.76 Å². The van der Waals surface area contributed by atoms with Gasteiger partial charge in [-0.15, -0.1) is 0 Å². The van der Waals surface area contributed by atoms with Gasteiger partial charge in [0.15, 0.2) is 5.13 Å². The normalized spacial score (nSPS) is 17.0. The number of aromatic nitrogens is 2. The fraction of sp³-hybridized carbons (Fsp3) is 0.0435. The van der Waals surface area contributed by atoms with Crippen LogP contribution in [0.25, 0.3) is 16.0 Å². The molecule has 2 aromatic carbocycles. The Hall–Kier alpha value is -5.04. The molecule has 0 radical (unpaired) electrons. The zero-order valence-electron chi connectivity index (χ0n) is 18.0. The number of aliphatic hydroxyl groups excluding tert-OH is 1. The molecule has 3 heterocycles. The lowest BCUT2D eigenvalue weighted by Crippen LogP contribution is -2.29. The number of Topliss-reactive ketones (excluding diaryl/α,β-unsaturated/α-hetero) is 1. The first-order valence-electron chi connectivity index (χ1n) is 10.3. The summed E-state index contributed by atoms with van der Waals surface area (Å²) in [7, 11) is 0. The highest BCUT2D eigenvalue weighted by Crippen LogP contribution is 2.44. The van der Waals surface area contributed by atoms with E-state index in [0.717, 1.165) is 22.3 Å². The molecule has 36 heavy (non-hydrogen) atoms. The van der Waals surface area contributed by atoms with Gasteiger partial charge < -0.3 is 5.11 Å². The maximum atomic E-state index is 13.2. The number of pyridine rings is 1. The number of non-ortho nitro benzene ring substituents is 2. The van der Waals surface area contributed by atoms with Gasteiger partial charge in [-0.2, -0.15) is 0 Å². The molecule has 1 aliphatic rings. The Labute approximate surface area is 205 Å². The van der Waals surface area contributed by atoms with Crippen LogP contribution in [-0.2, 0) is 9.59 Å². The lowest BCUT2D eigenvalue weighted by atomic mass is 9.96. The summed E-state index contributed by atoms with van der Waals surface area (Å²) in [5.41, 5.74) is -0.0111. The number of hydrogen-bond donors (Lipinski definition) is 1. The highest BCUT2D eigenvalue weighted by atomic mass is 32.1. The molecule has 13 heteroatoms. The smallest absolute Gasteiger partial charge is 0.301 e. The summed E-state index contributed by atoms with van der Waals surface area (Å²) in [6, 6.07) is 11.1. The molecule has 1 aliphatic heterocycles. The fourth-order valence-electron chi connectivity index (χ4n) is 3.92. The first kappa shape index (κ1) is 22.7. The molecule has 1 saturated heterocycles. The molecule has 1 unspecified atom stereocenters. The van der Waals surface area contributed by atoms with E-state index in [-0.39, 0.29) is 27.6 Å². The van der Waals surface area contributed by atoms with E-state index in [0.29, 0.717) is 15.8 Å². The van der Waals surface area contributed by atoms with E-state index in [1.807, 2.05) is 0 Å². The van der Waals surface area contributed by atoms with Gasteiger partial charge in [0, 0.05) is 42.2 Å². The largest absolute Gasteiger partial charge is 0.507 e. The third-order valence-corrected chi connectivity index (χ3v) is 6.57. The number of amides is 1. The number of carbonyl (C=O) groups is 2. The number of nitro groups is 2. The average Bonchev–Trinajstić information content (AvgIpc) is 3.41. The van der Waals surface area contributed by atoms with Crippen LogP contribution in [-0.4, -0.2) is 36.6 Å². The van der Waals surface area contributed by atoms with Crippen LogP contribution in [0.4, 0.5) is 16.5 Å². The van der Waals surface area contributed by atoms with Crippen LogP contribution < -0.4 is 4.90 Å². The van der Waals surface area contributed by atoms with E-state index in [2.05, 4.69) is 9.97 Å². The number of anilines is 1. The summed E-state index contributed by atoms with van der Waals surface area (Å²) in [4.78, 5) is 57.1. The molecular weight excluding hydrogens is 490 g/mol. The minimum Gasteiger partial charge on any atom is -0.507 e. The molecule has 0 spiro atoms. The third kappa shape index (κ3) is 3.73. The van der Waals surface area contributed by atoms with Crippen molar-refractivity contribution in [1.29, 1.82) is 0 Å². The number of carbonyl (C=O) groups excluding carboxylic acids is 2. The Morgan fingerprint density at radius 2 is 1.75 bits per heavy atom. The standard InChI is InChI=1S/C23H13N5O7S/c29-20(12-3-1-5-14(9-12)27(32)33)18-19(13-4-2-8-24-11-13)26(22(31)21(18)30)23-25-16-7-6-15(28(34)35)10-17(16)36-23/h1-11,19,29H/b20-18+. The van der Waals surface area contributed by atoms with Crippen LogP contribution >= 0.6 is 11.3 Å². The fourth-order valence-corrected chi connectivity index (χ4v) is 4.95. The minimum absolute atomic E-state index is 0.0176. The predicted octanol–water partition coefficient (Wildman–Crippen LogP) is 4.13. The summed E-state index contributed by atoms with van der Waals surface area (Å²) >= 11 is 0.970. The average molecular weight is 503 g/mol. The van der Waals surface area contributed by atoms with Gasteiger partial charge in [-0.3, -0.25) is 39.7 Å². The first-order chi connectivity index (χ1) is 17.3. The lowest BCUT2D eigenvalue weighted by molar-refractivity contribution is -0.385. The zero-order chi connectivity index (χ0) is 25.6. The molecule has 0 bridgehead atoms. The van der Waals surface area contributed by atoms with Crippen molar-refractivity contribution < 1.29 is 24.5 Å². The summed E-state index contributed by atoms with van der Waals surface area (Å²) in [6.07, 6.45) is 2.91. The Morgan fingerprint density at radius 1 is 1.00 bits per heavy atom. The lowest BCUT2D eigenvalue weighted by Gasteiger charge is -2.22. The monoisotopic (exact) mass is 503 g/mol. The molecule has 4 aromatic rings. The minimum atomic E-state index is -1.14. The van der Waals surface area contributed by atoms with Crippen molar-refractivity contribution in [3.05, 3.63) is 104 Å². The van der Waals surface area contributed by atoms with Gasteiger partial charge >= 0.3 is 5.91 Å². The maximum absolute atomic E-state index is 13.2. The summed E-state index contributed by atoms with van der Waals surface area (Å²) in [5.74, 6) is -2.59. The highest BCUT2D eigenvalue weighted by molar-refractivity contribution is 7.22. The van der Waals surface area contributed by atoms with Crippen molar-refractivity contribution in [3.8, 4) is 0 Å². The van der Waals surface area contributed by atoms with Crippen molar-refractivity contribution >= 4 is 55.5 Å². The number of ketones is 1. The molecule has 178 valence electrons. The van der Waals surface area contributed by atoms with Crippen LogP contribution in [0.5, 0.6) is 0 Å². The molecule has 0 saturated carbocycles.